The Morgan fingerprint density at radius 2 is 1.88 bits per heavy atom. The smallest absolute Gasteiger partial charge is 0.336 e. The number of aromatic carboxylic acids is 2. The second-order valence-electron chi connectivity index (χ2n) is 7.03. The van der Waals surface area contributed by atoms with Gasteiger partial charge in [0.15, 0.2) is 0 Å². The molecular formula is C18H29NO4SSi. The van der Waals surface area contributed by atoms with Crippen LogP contribution in [-0.2, 0) is 0 Å². The maximum absolute atomic E-state index is 11.5. The fourth-order valence-corrected chi connectivity index (χ4v) is 7.74. The van der Waals surface area contributed by atoms with E-state index in [0.29, 0.717) is 5.56 Å². The van der Waals surface area contributed by atoms with Crippen molar-refractivity contribution in [1.29, 1.82) is 0 Å². The van der Waals surface area contributed by atoms with Crippen LogP contribution in [-0.4, -0.2) is 42.5 Å². The number of benzene rings is 1. The summed E-state index contributed by atoms with van der Waals surface area (Å²) in [6.07, 6.45) is 2.47. The van der Waals surface area contributed by atoms with Gasteiger partial charge in [-0.15, -0.1) is 0 Å². The molecule has 0 radical (unpaired) electrons. The van der Waals surface area contributed by atoms with Gasteiger partial charge in [0, 0.05) is 19.9 Å². The first-order chi connectivity index (χ1) is 11.7. The highest BCUT2D eigenvalue weighted by Crippen LogP contribution is 2.33. The van der Waals surface area contributed by atoms with Crippen LogP contribution in [0.2, 0.25) is 25.2 Å². The molecular weight excluding hydrogens is 354 g/mol. The Kier molecular flexibility index (Phi) is 8.68. The summed E-state index contributed by atoms with van der Waals surface area (Å²) < 4.78 is 0. The van der Waals surface area contributed by atoms with Crippen molar-refractivity contribution in [2.24, 2.45) is 5.73 Å². The Morgan fingerprint density at radius 3 is 2.40 bits per heavy atom. The molecule has 1 aromatic rings. The van der Waals surface area contributed by atoms with Crippen LogP contribution in [0, 0.1) is 0 Å². The topological polar surface area (TPSA) is 101 Å². The van der Waals surface area contributed by atoms with Gasteiger partial charge in [-0.25, -0.2) is 9.59 Å². The van der Waals surface area contributed by atoms with Crippen LogP contribution < -0.4 is 5.73 Å². The number of nitrogens with two attached hydrogens (primary N) is 1. The highest BCUT2D eigenvalue weighted by molar-refractivity contribution is 7.99. The number of carboxylic acid groups (broad SMARTS) is 2. The third-order valence-electron chi connectivity index (χ3n) is 4.39. The summed E-state index contributed by atoms with van der Waals surface area (Å²) >= 11 is 1.64. The molecule has 0 fully saturated rings. The van der Waals surface area contributed by atoms with Gasteiger partial charge in [-0.2, -0.15) is 11.8 Å². The summed E-state index contributed by atoms with van der Waals surface area (Å²) in [5, 5.41) is 18.4. The monoisotopic (exact) mass is 383 g/mol. The first-order valence-electron chi connectivity index (χ1n) is 8.64. The minimum atomic E-state index is -1.24. The lowest BCUT2D eigenvalue weighted by Gasteiger charge is -2.24. The van der Waals surface area contributed by atoms with E-state index in [4.69, 9.17) is 5.73 Å². The molecule has 5 nitrogen and oxygen atoms in total. The molecule has 0 aliphatic rings. The zero-order chi connectivity index (χ0) is 19.0. The zero-order valence-electron chi connectivity index (χ0n) is 15.2. The summed E-state index contributed by atoms with van der Waals surface area (Å²) in [7, 11) is -1.24. The van der Waals surface area contributed by atoms with Crippen LogP contribution in [0.5, 0.6) is 0 Å². The van der Waals surface area contributed by atoms with Crippen LogP contribution in [0.25, 0.3) is 0 Å². The maximum Gasteiger partial charge on any atom is 0.336 e. The molecule has 25 heavy (non-hydrogen) atoms. The van der Waals surface area contributed by atoms with E-state index in [2.05, 4.69) is 20.0 Å². The number of hydrogen-bond acceptors (Lipinski definition) is 4. The number of rotatable bonds is 11. The van der Waals surface area contributed by atoms with E-state index in [-0.39, 0.29) is 22.9 Å². The van der Waals surface area contributed by atoms with Crippen molar-refractivity contribution in [1.82, 2.24) is 0 Å². The Balaban J connectivity index is 2.89. The standard InChI is InChI=1S/C18H29NO4SSi/c1-4-5-9-25(2,3)10-8-24-16(12-19)15-11-13(17(20)21)6-7-14(15)18(22)23/h6-7,11,16H,4-5,8-10,12,19H2,1-3H3,(H,20,21)(H,22,23). The van der Waals surface area contributed by atoms with E-state index >= 15 is 0 Å². The summed E-state index contributed by atoms with van der Waals surface area (Å²) in [6.45, 7) is 7.25. The number of carboxylic acids is 2. The second kappa shape index (κ2) is 9.99. The highest BCUT2D eigenvalue weighted by Gasteiger charge is 2.23. The number of thioether (sulfide) groups is 1. The van der Waals surface area contributed by atoms with Gasteiger partial charge in [-0.05, 0) is 35.6 Å². The summed E-state index contributed by atoms with van der Waals surface area (Å²) in [5.74, 6) is -1.20. The van der Waals surface area contributed by atoms with Crippen LogP contribution in [0.3, 0.4) is 0 Å². The van der Waals surface area contributed by atoms with Gasteiger partial charge in [0.05, 0.1) is 11.1 Å². The highest BCUT2D eigenvalue weighted by atomic mass is 32.2. The lowest BCUT2D eigenvalue weighted by atomic mass is 10.0. The van der Waals surface area contributed by atoms with Gasteiger partial charge in [0.1, 0.15) is 0 Å². The van der Waals surface area contributed by atoms with Crippen LogP contribution >= 0.6 is 11.8 Å². The molecule has 0 heterocycles. The lowest BCUT2D eigenvalue weighted by Crippen LogP contribution is -2.26. The summed E-state index contributed by atoms with van der Waals surface area (Å²) in [6, 6.07) is 6.59. The molecule has 0 aliphatic heterocycles. The average Bonchev–Trinajstić information content (AvgIpc) is 2.56. The third-order valence-corrected chi connectivity index (χ3v) is 9.36. The first kappa shape index (κ1) is 21.7. The minimum absolute atomic E-state index is 0.0942. The van der Waals surface area contributed by atoms with Crippen LogP contribution in [0.15, 0.2) is 18.2 Å². The Bertz CT molecular complexity index is 607. The largest absolute Gasteiger partial charge is 0.478 e. The molecule has 0 aromatic heterocycles. The Hall–Kier alpha value is -1.31. The zero-order valence-corrected chi connectivity index (χ0v) is 17.1. The van der Waals surface area contributed by atoms with Gasteiger partial charge >= 0.3 is 11.9 Å². The maximum atomic E-state index is 11.5. The average molecular weight is 384 g/mol. The predicted octanol–water partition coefficient (Wildman–Crippen LogP) is 4.32. The predicted molar refractivity (Wildman–Crippen MR) is 107 cm³/mol. The normalized spacial score (nSPS) is 12.8. The van der Waals surface area contributed by atoms with Crippen molar-refractivity contribution in [3.63, 3.8) is 0 Å². The Morgan fingerprint density at radius 1 is 1.20 bits per heavy atom. The molecule has 4 N–H and O–H groups in total. The molecule has 0 amide bonds. The SMILES string of the molecule is CCCC[Si](C)(C)CCSC(CN)c1cc(C(=O)O)ccc1C(=O)O. The molecule has 0 aliphatic carbocycles. The molecule has 140 valence electrons. The molecule has 0 saturated carbocycles. The molecule has 1 rings (SSSR count). The fraction of sp³-hybridized carbons (Fsp3) is 0.556. The van der Waals surface area contributed by atoms with Gasteiger partial charge in [-0.1, -0.05) is 38.9 Å². The lowest BCUT2D eigenvalue weighted by molar-refractivity contribution is 0.0680. The quantitative estimate of drug-likeness (QED) is 0.492. The van der Waals surface area contributed by atoms with E-state index in [0.717, 1.165) is 11.8 Å². The summed E-state index contributed by atoms with van der Waals surface area (Å²) in [5.41, 5.74) is 6.62. The van der Waals surface area contributed by atoms with Crippen molar-refractivity contribution in [3.05, 3.63) is 34.9 Å². The minimum Gasteiger partial charge on any atom is -0.478 e. The van der Waals surface area contributed by atoms with Crippen molar-refractivity contribution in [3.8, 4) is 0 Å². The van der Waals surface area contributed by atoms with Crippen molar-refractivity contribution in [2.75, 3.05) is 12.3 Å². The van der Waals surface area contributed by atoms with Crippen LogP contribution in [0.1, 0.15) is 51.3 Å². The molecule has 0 bridgehead atoms. The van der Waals surface area contributed by atoms with E-state index < -0.39 is 20.0 Å². The van der Waals surface area contributed by atoms with Crippen molar-refractivity contribution >= 4 is 31.8 Å². The molecule has 1 unspecified atom stereocenters. The van der Waals surface area contributed by atoms with Gasteiger partial charge < -0.3 is 15.9 Å². The van der Waals surface area contributed by atoms with E-state index in [1.807, 2.05) is 0 Å². The second-order valence-corrected chi connectivity index (χ2v) is 13.7. The van der Waals surface area contributed by atoms with Crippen molar-refractivity contribution < 1.29 is 19.8 Å². The molecule has 0 saturated heterocycles. The number of hydrogen-bond donors (Lipinski definition) is 3. The molecule has 1 aromatic carbocycles. The van der Waals surface area contributed by atoms with Crippen LogP contribution in [0.4, 0.5) is 0 Å². The van der Waals surface area contributed by atoms with Gasteiger partial charge in [0.25, 0.3) is 0 Å². The molecule has 0 spiro atoms. The van der Waals surface area contributed by atoms with E-state index in [1.165, 1.54) is 37.1 Å². The van der Waals surface area contributed by atoms with Gasteiger partial charge in [0.2, 0.25) is 0 Å². The summed E-state index contributed by atoms with van der Waals surface area (Å²) in [4.78, 5) is 22.7. The molecule has 7 heteroatoms. The van der Waals surface area contributed by atoms with Crippen molar-refractivity contribution in [2.45, 2.75) is 50.2 Å². The van der Waals surface area contributed by atoms with E-state index in [1.54, 1.807) is 11.8 Å². The third kappa shape index (κ3) is 6.84. The fourth-order valence-electron chi connectivity index (χ4n) is 2.70. The van der Waals surface area contributed by atoms with Gasteiger partial charge in [-0.3, -0.25) is 0 Å². The first-order valence-corrected chi connectivity index (χ1v) is 13.1. The number of carbonyl (C=O) groups is 2. The van der Waals surface area contributed by atoms with E-state index in [9.17, 15) is 19.8 Å². The Labute approximate surface area is 155 Å². The molecule has 1 atom stereocenters. The number of unbranched alkanes of at least 4 members (excludes halogenated alkanes) is 1.